The van der Waals surface area contributed by atoms with Gasteiger partial charge in [0, 0.05) is 11.3 Å². The summed E-state index contributed by atoms with van der Waals surface area (Å²) in [5, 5.41) is 10.9. The van der Waals surface area contributed by atoms with Gasteiger partial charge < -0.3 is 5.11 Å². The van der Waals surface area contributed by atoms with Gasteiger partial charge in [-0.3, -0.25) is 0 Å². The van der Waals surface area contributed by atoms with Crippen LogP contribution in [0.5, 0.6) is 0 Å². The molecule has 0 bridgehead atoms. The van der Waals surface area contributed by atoms with Gasteiger partial charge >= 0.3 is 6.18 Å². The van der Waals surface area contributed by atoms with Crippen LogP contribution in [0.25, 0.3) is 0 Å². The number of aliphatic hydroxyl groups excluding tert-OH is 1. The van der Waals surface area contributed by atoms with Crippen molar-refractivity contribution in [3.05, 3.63) is 16.1 Å². The summed E-state index contributed by atoms with van der Waals surface area (Å²) in [6.45, 7) is 0. The fourth-order valence-corrected chi connectivity index (χ4v) is 2.12. The van der Waals surface area contributed by atoms with Crippen LogP contribution in [0, 0.1) is 0 Å². The van der Waals surface area contributed by atoms with E-state index in [1.165, 1.54) is 16.7 Å². The van der Waals surface area contributed by atoms with Crippen molar-refractivity contribution in [3.8, 4) is 0 Å². The van der Waals surface area contributed by atoms with E-state index >= 15 is 0 Å². The fraction of sp³-hybridized carbons (Fsp3) is 0.625. The minimum absolute atomic E-state index is 0.274. The van der Waals surface area contributed by atoms with Crippen LogP contribution < -0.4 is 0 Å². The molecule has 78 valence electrons. The van der Waals surface area contributed by atoms with Crippen molar-refractivity contribution < 1.29 is 18.3 Å². The molecule has 2 nitrogen and oxygen atoms in total. The average molecular weight is 223 g/mol. The molecule has 0 amide bonds. The van der Waals surface area contributed by atoms with Crippen LogP contribution in [-0.2, 0) is 0 Å². The number of nitrogens with zero attached hydrogens (tertiary/aromatic N) is 1. The minimum atomic E-state index is -4.62. The maximum Gasteiger partial charge on any atom is 0.420 e. The first-order chi connectivity index (χ1) is 6.48. The molecule has 1 fully saturated rings. The zero-order valence-electron chi connectivity index (χ0n) is 7.08. The Morgan fingerprint density at radius 2 is 2.14 bits per heavy atom. The molecule has 1 N–H and O–H groups in total. The normalized spacial score (nSPS) is 19.7. The van der Waals surface area contributed by atoms with E-state index in [2.05, 4.69) is 4.98 Å². The lowest BCUT2D eigenvalue weighted by molar-refractivity contribution is -0.207. The summed E-state index contributed by atoms with van der Waals surface area (Å²) in [5.41, 5.74) is -0.274. The molecule has 1 heterocycles. The van der Waals surface area contributed by atoms with E-state index in [1.807, 2.05) is 0 Å². The largest absolute Gasteiger partial charge is 0.420 e. The van der Waals surface area contributed by atoms with E-state index in [1.54, 1.807) is 0 Å². The summed E-state index contributed by atoms with van der Waals surface area (Å²) >= 11 is 1.19. The number of aromatic nitrogens is 1. The Hall–Kier alpha value is -0.620. The predicted octanol–water partition coefficient (Wildman–Crippen LogP) is 2.62. The first kappa shape index (κ1) is 9.92. The Morgan fingerprint density at radius 1 is 1.50 bits per heavy atom. The molecular formula is C8H8F3NOS. The molecule has 1 saturated carbocycles. The average Bonchev–Trinajstić information content (AvgIpc) is 2.82. The number of hydrogen-bond acceptors (Lipinski definition) is 3. The quantitative estimate of drug-likeness (QED) is 0.836. The van der Waals surface area contributed by atoms with Crippen LogP contribution in [-0.4, -0.2) is 16.3 Å². The molecule has 0 aromatic carbocycles. The molecule has 1 aliphatic carbocycles. The van der Waals surface area contributed by atoms with Gasteiger partial charge in [0.15, 0.2) is 6.10 Å². The van der Waals surface area contributed by atoms with E-state index in [9.17, 15) is 13.2 Å². The lowest BCUT2D eigenvalue weighted by Crippen LogP contribution is -2.20. The van der Waals surface area contributed by atoms with Crippen molar-refractivity contribution in [2.45, 2.75) is 31.0 Å². The Labute approximate surface area is 82.4 Å². The van der Waals surface area contributed by atoms with Crippen LogP contribution in [0.4, 0.5) is 13.2 Å². The maximum absolute atomic E-state index is 12.1. The van der Waals surface area contributed by atoms with Crippen LogP contribution in [0.2, 0.25) is 0 Å². The fourth-order valence-electron chi connectivity index (χ4n) is 1.11. The molecule has 2 rings (SSSR count). The number of thiazole rings is 1. The second-order valence-corrected chi connectivity index (χ2v) is 4.22. The molecule has 1 atom stereocenters. The smallest absolute Gasteiger partial charge is 0.378 e. The maximum atomic E-state index is 12.1. The third-order valence-electron chi connectivity index (χ3n) is 2.06. The third kappa shape index (κ3) is 1.90. The lowest BCUT2D eigenvalue weighted by Gasteiger charge is -2.11. The van der Waals surface area contributed by atoms with Crippen LogP contribution in [0.3, 0.4) is 0 Å². The third-order valence-corrected chi connectivity index (χ3v) is 3.08. The van der Waals surface area contributed by atoms with Crippen molar-refractivity contribution in [1.82, 2.24) is 4.98 Å². The Bertz CT molecular complexity index is 332. The van der Waals surface area contributed by atoms with Gasteiger partial charge in [-0.2, -0.15) is 13.2 Å². The Kier molecular flexibility index (Phi) is 2.27. The van der Waals surface area contributed by atoms with Gasteiger partial charge in [0.1, 0.15) is 0 Å². The first-order valence-corrected chi connectivity index (χ1v) is 5.06. The summed E-state index contributed by atoms with van der Waals surface area (Å²) in [6, 6.07) is 0. The molecule has 14 heavy (non-hydrogen) atoms. The van der Waals surface area contributed by atoms with E-state index in [-0.39, 0.29) is 5.69 Å². The molecule has 1 unspecified atom stereocenters. The van der Waals surface area contributed by atoms with Gasteiger partial charge in [-0.05, 0) is 12.8 Å². The van der Waals surface area contributed by atoms with Crippen LogP contribution in [0.1, 0.15) is 35.6 Å². The first-order valence-electron chi connectivity index (χ1n) is 4.18. The summed E-state index contributed by atoms with van der Waals surface area (Å²) < 4.78 is 36.2. The second kappa shape index (κ2) is 3.20. The molecule has 0 aliphatic heterocycles. The second-order valence-electron chi connectivity index (χ2n) is 3.33. The number of aliphatic hydroxyl groups is 1. The zero-order valence-corrected chi connectivity index (χ0v) is 7.90. The molecular weight excluding hydrogens is 215 g/mol. The predicted molar refractivity (Wildman–Crippen MR) is 45.1 cm³/mol. The van der Waals surface area contributed by atoms with Crippen molar-refractivity contribution in [3.63, 3.8) is 0 Å². The number of alkyl halides is 3. The molecule has 6 heteroatoms. The molecule has 0 radical (unpaired) electrons. The van der Waals surface area contributed by atoms with E-state index in [4.69, 9.17) is 5.11 Å². The number of halogens is 3. The van der Waals surface area contributed by atoms with E-state index in [0.717, 1.165) is 12.8 Å². The highest BCUT2D eigenvalue weighted by Gasteiger charge is 2.41. The van der Waals surface area contributed by atoms with Crippen molar-refractivity contribution in [1.29, 1.82) is 0 Å². The van der Waals surface area contributed by atoms with E-state index < -0.39 is 12.3 Å². The summed E-state index contributed by atoms with van der Waals surface area (Å²) in [4.78, 5) is 3.79. The zero-order chi connectivity index (χ0) is 10.3. The van der Waals surface area contributed by atoms with Crippen LogP contribution in [0.15, 0.2) is 5.38 Å². The topological polar surface area (TPSA) is 33.1 Å². The van der Waals surface area contributed by atoms with Crippen molar-refractivity contribution in [2.75, 3.05) is 0 Å². The molecule has 1 aliphatic rings. The number of hydrogen-bond donors (Lipinski definition) is 1. The molecule has 1 aromatic heterocycles. The Balaban J connectivity index is 2.15. The Morgan fingerprint density at radius 3 is 2.64 bits per heavy atom. The SMILES string of the molecule is OC(c1csc(C2CC2)n1)C(F)(F)F. The van der Waals surface area contributed by atoms with Gasteiger partial charge in [-0.15, -0.1) is 11.3 Å². The van der Waals surface area contributed by atoms with Crippen LogP contribution >= 0.6 is 11.3 Å². The minimum Gasteiger partial charge on any atom is -0.378 e. The van der Waals surface area contributed by atoms with Gasteiger partial charge in [-0.1, -0.05) is 0 Å². The van der Waals surface area contributed by atoms with Crippen molar-refractivity contribution >= 4 is 11.3 Å². The lowest BCUT2D eigenvalue weighted by atomic mass is 10.3. The summed E-state index contributed by atoms with van der Waals surface area (Å²) in [5.74, 6) is 0.328. The highest BCUT2D eigenvalue weighted by Crippen LogP contribution is 2.43. The van der Waals surface area contributed by atoms with E-state index in [0.29, 0.717) is 10.9 Å². The summed E-state index contributed by atoms with van der Waals surface area (Å²) in [6.07, 6.45) is -5.06. The standard InChI is InChI=1S/C8H8F3NOS/c9-8(10,11)6(13)5-3-14-7(12-5)4-1-2-4/h3-4,6,13H,1-2H2. The highest BCUT2D eigenvalue weighted by molar-refractivity contribution is 7.09. The van der Waals surface area contributed by atoms with Gasteiger partial charge in [-0.25, -0.2) is 4.98 Å². The molecule has 0 saturated heterocycles. The van der Waals surface area contributed by atoms with Gasteiger partial charge in [0.05, 0.1) is 10.7 Å². The van der Waals surface area contributed by atoms with Gasteiger partial charge in [0.2, 0.25) is 0 Å². The molecule has 1 aromatic rings. The summed E-state index contributed by atoms with van der Waals surface area (Å²) in [7, 11) is 0. The highest BCUT2D eigenvalue weighted by atomic mass is 32.1. The van der Waals surface area contributed by atoms with Crippen molar-refractivity contribution in [2.24, 2.45) is 0 Å². The van der Waals surface area contributed by atoms with Gasteiger partial charge in [0.25, 0.3) is 0 Å². The number of rotatable bonds is 2. The monoisotopic (exact) mass is 223 g/mol. The molecule has 0 spiro atoms.